The van der Waals surface area contributed by atoms with Gasteiger partial charge in [0.05, 0.1) is 33.0 Å². The molecule has 0 aliphatic carbocycles. The number of carbonyl (C=O) groups excluding carboxylic acids is 1. The average Bonchev–Trinajstić information content (AvgIpc) is 2.83. The highest BCUT2D eigenvalue weighted by Gasteiger charge is 2.19. The van der Waals surface area contributed by atoms with Crippen molar-refractivity contribution in [1.82, 2.24) is 4.98 Å². The van der Waals surface area contributed by atoms with E-state index in [9.17, 15) is 4.79 Å². The summed E-state index contributed by atoms with van der Waals surface area (Å²) in [5.74, 6) is 2.52. The number of carbonyl (C=O) groups is 1. The van der Waals surface area contributed by atoms with Crippen molar-refractivity contribution in [3.63, 3.8) is 0 Å². The normalized spacial score (nSPS) is 14.1. The molecule has 2 heterocycles. The molecule has 3 aromatic rings. The molecular formula is C25H28N2O6. The van der Waals surface area contributed by atoms with Crippen LogP contribution in [0.15, 0.2) is 36.5 Å². The third kappa shape index (κ3) is 4.96. The highest BCUT2D eigenvalue weighted by Crippen LogP contribution is 2.38. The summed E-state index contributed by atoms with van der Waals surface area (Å²) in [5, 5.41) is 3.65. The van der Waals surface area contributed by atoms with Gasteiger partial charge in [-0.3, -0.25) is 10.3 Å². The van der Waals surface area contributed by atoms with Crippen molar-refractivity contribution in [1.29, 1.82) is 0 Å². The predicted molar refractivity (Wildman–Crippen MR) is 125 cm³/mol. The minimum Gasteiger partial charge on any atom is -0.493 e. The monoisotopic (exact) mass is 452 g/mol. The Labute approximate surface area is 192 Å². The van der Waals surface area contributed by atoms with E-state index in [0.717, 1.165) is 34.9 Å². The molecule has 8 nitrogen and oxygen atoms in total. The van der Waals surface area contributed by atoms with Gasteiger partial charge < -0.3 is 23.7 Å². The summed E-state index contributed by atoms with van der Waals surface area (Å²) in [6.07, 6.45) is 2.55. The quantitative estimate of drug-likeness (QED) is 0.536. The van der Waals surface area contributed by atoms with Gasteiger partial charge in [0.2, 0.25) is 0 Å². The average molecular weight is 453 g/mol. The number of rotatable bonds is 6. The van der Waals surface area contributed by atoms with Crippen molar-refractivity contribution in [3.8, 4) is 23.0 Å². The van der Waals surface area contributed by atoms with Crippen LogP contribution in [-0.2, 0) is 9.47 Å². The van der Waals surface area contributed by atoms with Gasteiger partial charge in [-0.25, -0.2) is 4.79 Å². The Balaban J connectivity index is 1.55. The van der Waals surface area contributed by atoms with Gasteiger partial charge in [0.25, 0.3) is 0 Å². The van der Waals surface area contributed by atoms with E-state index in [-0.39, 0.29) is 6.10 Å². The van der Waals surface area contributed by atoms with Crippen LogP contribution >= 0.6 is 0 Å². The highest BCUT2D eigenvalue weighted by atomic mass is 16.6. The highest BCUT2D eigenvalue weighted by molar-refractivity contribution is 5.89. The van der Waals surface area contributed by atoms with Crippen molar-refractivity contribution in [2.75, 3.05) is 32.8 Å². The first kappa shape index (κ1) is 22.7. The van der Waals surface area contributed by atoms with Crippen LogP contribution in [0.1, 0.15) is 24.0 Å². The molecule has 1 amide bonds. The number of aromatic nitrogens is 1. The van der Waals surface area contributed by atoms with Crippen LogP contribution in [0.5, 0.6) is 23.0 Å². The Morgan fingerprint density at radius 2 is 1.70 bits per heavy atom. The van der Waals surface area contributed by atoms with Gasteiger partial charge in [-0.2, -0.15) is 0 Å². The fourth-order valence-electron chi connectivity index (χ4n) is 3.78. The Bertz CT molecular complexity index is 1160. The number of hydrogen-bond donors (Lipinski definition) is 1. The molecule has 174 valence electrons. The van der Waals surface area contributed by atoms with Gasteiger partial charge in [-0.1, -0.05) is 0 Å². The van der Waals surface area contributed by atoms with Gasteiger partial charge in [0, 0.05) is 36.2 Å². The summed E-state index contributed by atoms with van der Waals surface area (Å²) in [6, 6.07) is 9.12. The number of benzene rings is 2. The standard InChI is InChI=1S/C25H28N2O6/c1-15-16(2)21(6-5-19(15)27-25(28)32-17-8-11-31-12-9-17)33-22-7-10-26-20-14-24(30-4)23(29-3)13-18(20)22/h5-7,10,13-14,17H,8-9,11-12H2,1-4H3,(H,27,28). The van der Waals surface area contributed by atoms with Crippen molar-refractivity contribution in [2.24, 2.45) is 0 Å². The summed E-state index contributed by atoms with van der Waals surface area (Å²) in [6.45, 7) is 5.12. The fraction of sp³-hybridized carbons (Fsp3) is 0.360. The van der Waals surface area contributed by atoms with Crippen molar-refractivity contribution in [2.45, 2.75) is 32.8 Å². The smallest absolute Gasteiger partial charge is 0.411 e. The van der Waals surface area contributed by atoms with Crippen LogP contribution < -0.4 is 19.5 Å². The maximum absolute atomic E-state index is 12.3. The molecule has 1 N–H and O–H groups in total. The molecule has 1 aromatic heterocycles. The SMILES string of the molecule is COc1cc2nccc(Oc3ccc(NC(=O)OC4CCOCC4)c(C)c3C)c2cc1OC. The second-order valence-corrected chi connectivity index (χ2v) is 7.84. The van der Waals surface area contributed by atoms with E-state index in [2.05, 4.69) is 10.3 Å². The molecule has 0 spiro atoms. The number of fused-ring (bicyclic) bond motifs is 1. The van der Waals surface area contributed by atoms with E-state index in [1.807, 2.05) is 38.1 Å². The lowest BCUT2D eigenvalue weighted by Gasteiger charge is -2.22. The van der Waals surface area contributed by atoms with Crippen LogP contribution in [0.3, 0.4) is 0 Å². The number of nitrogens with one attached hydrogen (secondary N) is 1. The second-order valence-electron chi connectivity index (χ2n) is 7.84. The van der Waals surface area contributed by atoms with E-state index in [1.54, 1.807) is 26.5 Å². The zero-order valence-corrected chi connectivity index (χ0v) is 19.3. The number of pyridine rings is 1. The van der Waals surface area contributed by atoms with Gasteiger partial charge >= 0.3 is 6.09 Å². The van der Waals surface area contributed by atoms with Crippen molar-refractivity contribution >= 4 is 22.7 Å². The molecule has 0 atom stereocenters. The second kappa shape index (κ2) is 9.95. The Morgan fingerprint density at radius 3 is 2.42 bits per heavy atom. The topological polar surface area (TPSA) is 88.1 Å². The van der Waals surface area contributed by atoms with Gasteiger partial charge in [0.15, 0.2) is 11.5 Å². The van der Waals surface area contributed by atoms with E-state index in [1.165, 1.54) is 0 Å². The molecule has 0 unspecified atom stereocenters. The number of ether oxygens (including phenoxy) is 5. The summed E-state index contributed by atoms with van der Waals surface area (Å²) in [5.41, 5.74) is 3.22. The fourth-order valence-corrected chi connectivity index (χ4v) is 3.78. The number of amides is 1. The van der Waals surface area contributed by atoms with Gasteiger partial charge in [0.1, 0.15) is 17.6 Å². The molecule has 1 aliphatic heterocycles. The predicted octanol–water partition coefficient (Wildman–Crippen LogP) is 5.39. The number of nitrogens with zero attached hydrogens (tertiary/aromatic N) is 1. The zero-order valence-electron chi connectivity index (χ0n) is 19.3. The van der Waals surface area contributed by atoms with Gasteiger partial charge in [-0.15, -0.1) is 0 Å². The van der Waals surface area contributed by atoms with Crippen LogP contribution in [-0.4, -0.2) is 44.6 Å². The Kier molecular flexibility index (Phi) is 6.84. The Morgan fingerprint density at radius 1 is 0.970 bits per heavy atom. The minimum absolute atomic E-state index is 0.113. The summed E-state index contributed by atoms with van der Waals surface area (Å²) < 4.78 is 27.9. The van der Waals surface area contributed by atoms with Gasteiger partial charge in [-0.05, 0) is 49.2 Å². The summed E-state index contributed by atoms with van der Waals surface area (Å²) >= 11 is 0. The maximum Gasteiger partial charge on any atom is 0.411 e. The third-order valence-electron chi connectivity index (χ3n) is 5.84. The van der Waals surface area contributed by atoms with E-state index in [0.29, 0.717) is 41.9 Å². The molecule has 0 radical (unpaired) electrons. The molecule has 1 aliphatic rings. The lowest BCUT2D eigenvalue weighted by atomic mass is 10.1. The van der Waals surface area contributed by atoms with Crippen LogP contribution in [0.2, 0.25) is 0 Å². The molecule has 0 saturated carbocycles. The molecule has 33 heavy (non-hydrogen) atoms. The summed E-state index contributed by atoms with van der Waals surface area (Å²) in [7, 11) is 3.18. The molecule has 1 fully saturated rings. The number of hydrogen-bond acceptors (Lipinski definition) is 7. The molecule has 8 heteroatoms. The summed E-state index contributed by atoms with van der Waals surface area (Å²) in [4.78, 5) is 16.8. The van der Waals surface area contributed by atoms with E-state index >= 15 is 0 Å². The van der Waals surface area contributed by atoms with Crippen molar-refractivity contribution in [3.05, 3.63) is 47.7 Å². The van der Waals surface area contributed by atoms with Crippen LogP contribution in [0.25, 0.3) is 10.9 Å². The molecule has 4 rings (SSSR count). The number of anilines is 1. The molecule has 1 saturated heterocycles. The zero-order chi connectivity index (χ0) is 23.4. The Hall–Kier alpha value is -3.52. The lowest BCUT2D eigenvalue weighted by molar-refractivity contribution is 0.00591. The first-order valence-corrected chi connectivity index (χ1v) is 10.8. The molecular weight excluding hydrogens is 424 g/mol. The van der Waals surface area contributed by atoms with E-state index < -0.39 is 6.09 Å². The first-order chi connectivity index (χ1) is 16.0. The van der Waals surface area contributed by atoms with Crippen molar-refractivity contribution < 1.29 is 28.5 Å². The molecule has 0 bridgehead atoms. The minimum atomic E-state index is -0.459. The maximum atomic E-state index is 12.3. The molecule has 2 aromatic carbocycles. The van der Waals surface area contributed by atoms with Crippen LogP contribution in [0.4, 0.5) is 10.5 Å². The number of methoxy groups -OCH3 is 2. The third-order valence-corrected chi connectivity index (χ3v) is 5.84. The van der Waals surface area contributed by atoms with E-state index in [4.69, 9.17) is 23.7 Å². The largest absolute Gasteiger partial charge is 0.493 e. The first-order valence-electron chi connectivity index (χ1n) is 10.8. The van der Waals surface area contributed by atoms with Crippen LogP contribution in [0, 0.1) is 13.8 Å². The lowest BCUT2D eigenvalue weighted by Crippen LogP contribution is -2.28.